The first-order valence-corrected chi connectivity index (χ1v) is 9.41. The number of halogens is 1. The first kappa shape index (κ1) is 16.8. The smallest absolute Gasteiger partial charge is 0.163 e. The lowest BCUT2D eigenvalue weighted by Gasteiger charge is -2.17. The fourth-order valence-electron chi connectivity index (χ4n) is 3.42. The Labute approximate surface area is 161 Å². The number of benzene rings is 3. The van der Waals surface area contributed by atoms with E-state index in [2.05, 4.69) is 45.2 Å². The van der Waals surface area contributed by atoms with Crippen molar-refractivity contribution in [2.45, 2.75) is 12.3 Å². The highest BCUT2D eigenvalue weighted by atomic mass is 79.9. The molecule has 3 aromatic carbocycles. The van der Waals surface area contributed by atoms with E-state index in [1.165, 1.54) is 0 Å². The molecule has 0 aliphatic rings. The predicted molar refractivity (Wildman–Crippen MR) is 110 cm³/mol. The minimum Gasteiger partial charge on any atom is -0.361 e. The quantitative estimate of drug-likeness (QED) is 0.387. The maximum absolute atomic E-state index is 12.9. The molecule has 0 fully saturated rings. The molecule has 2 nitrogen and oxygen atoms in total. The van der Waals surface area contributed by atoms with Gasteiger partial charge in [0.2, 0.25) is 0 Å². The average Bonchev–Trinajstić information content (AvgIpc) is 3.10. The molecule has 4 rings (SSSR count). The summed E-state index contributed by atoms with van der Waals surface area (Å²) in [4.78, 5) is 16.3. The number of ketones is 1. The molecule has 0 aliphatic carbocycles. The van der Waals surface area contributed by atoms with Gasteiger partial charge in [0, 0.05) is 39.5 Å². The third kappa shape index (κ3) is 3.35. The molecule has 0 amide bonds. The summed E-state index contributed by atoms with van der Waals surface area (Å²) in [7, 11) is 0. The maximum Gasteiger partial charge on any atom is 0.163 e. The lowest BCUT2D eigenvalue weighted by Crippen LogP contribution is -2.09. The van der Waals surface area contributed by atoms with Crippen molar-refractivity contribution in [3.05, 3.63) is 106 Å². The van der Waals surface area contributed by atoms with Gasteiger partial charge in [-0.1, -0.05) is 76.6 Å². The molecule has 0 saturated carbocycles. The van der Waals surface area contributed by atoms with Crippen molar-refractivity contribution in [3.8, 4) is 0 Å². The lowest BCUT2D eigenvalue weighted by molar-refractivity contribution is 0.0978. The van der Waals surface area contributed by atoms with Gasteiger partial charge in [-0.15, -0.1) is 0 Å². The molecule has 0 saturated heterocycles. The number of carbonyl (C=O) groups is 1. The molecule has 128 valence electrons. The summed E-state index contributed by atoms with van der Waals surface area (Å²) in [6.07, 6.45) is 2.47. The largest absolute Gasteiger partial charge is 0.361 e. The molecule has 3 heteroatoms. The van der Waals surface area contributed by atoms with Gasteiger partial charge in [0.05, 0.1) is 0 Å². The predicted octanol–water partition coefficient (Wildman–Crippen LogP) is 6.34. The number of H-pyrrole nitrogens is 1. The van der Waals surface area contributed by atoms with Gasteiger partial charge in [0.1, 0.15) is 0 Å². The summed E-state index contributed by atoms with van der Waals surface area (Å²) in [5.41, 5.74) is 4.14. The second kappa shape index (κ2) is 7.30. The molecule has 1 atom stereocenters. The van der Waals surface area contributed by atoms with E-state index in [1.54, 1.807) is 0 Å². The number of nitrogens with one attached hydrogen (secondary N) is 1. The van der Waals surface area contributed by atoms with Crippen LogP contribution in [0, 0.1) is 0 Å². The van der Waals surface area contributed by atoms with Gasteiger partial charge in [0.15, 0.2) is 5.78 Å². The van der Waals surface area contributed by atoms with Crippen LogP contribution in [0.25, 0.3) is 10.9 Å². The van der Waals surface area contributed by atoms with Crippen LogP contribution in [0.15, 0.2) is 89.5 Å². The van der Waals surface area contributed by atoms with E-state index in [0.29, 0.717) is 6.42 Å². The van der Waals surface area contributed by atoms with Crippen molar-refractivity contribution >= 4 is 32.6 Å². The molecule has 0 aliphatic heterocycles. The molecule has 0 unspecified atom stereocenters. The normalized spacial score (nSPS) is 12.2. The Kier molecular flexibility index (Phi) is 4.72. The van der Waals surface area contributed by atoms with Crippen LogP contribution in [0.1, 0.15) is 33.8 Å². The third-order valence-electron chi connectivity index (χ3n) is 4.74. The number of carbonyl (C=O) groups excluding carboxylic acids is 1. The van der Waals surface area contributed by atoms with Crippen molar-refractivity contribution < 1.29 is 4.79 Å². The highest BCUT2D eigenvalue weighted by molar-refractivity contribution is 9.10. The highest BCUT2D eigenvalue weighted by Crippen LogP contribution is 2.35. The fraction of sp³-hybridized carbons (Fsp3) is 0.0870. The fourth-order valence-corrected chi connectivity index (χ4v) is 3.78. The summed E-state index contributed by atoms with van der Waals surface area (Å²) < 4.78 is 1.03. The van der Waals surface area contributed by atoms with Crippen LogP contribution in [0.2, 0.25) is 0 Å². The molecule has 1 heterocycles. The zero-order valence-electron chi connectivity index (χ0n) is 14.2. The summed E-state index contributed by atoms with van der Waals surface area (Å²) >= 11 is 3.56. The Morgan fingerprint density at radius 1 is 0.923 bits per heavy atom. The van der Waals surface area contributed by atoms with Gasteiger partial charge in [-0.3, -0.25) is 4.79 Å². The molecular formula is C23H18BrNO. The van der Waals surface area contributed by atoms with Crippen molar-refractivity contribution in [2.24, 2.45) is 0 Å². The van der Waals surface area contributed by atoms with Crippen molar-refractivity contribution in [1.29, 1.82) is 0 Å². The van der Waals surface area contributed by atoms with Gasteiger partial charge in [-0.25, -0.2) is 0 Å². The molecule has 0 bridgehead atoms. The van der Waals surface area contributed by atoms with Crippen LogP contribution in [0.4, 0.5) is 0 Å². The number of hydrogen-bond acceptors (Lipinski definition) is 1. The van der Waals surface area contributed by atoms with Gasteiger partial charge in [-0.2, -0.15) is 0 Å². The highest BCUT2D eigenvalue weighted by Gasteiger charge is 2.22. The number of Topliss-reactive ketones (excluding diaryl/α,β-unsaturated/α-hetero) is 1. The topological polar surface area (TPSA) is 32.9 Å². The maximum atomic E-state index is 12.9. The summed E-state index contributed by atoms with van der Waals surface area (Å²) in [5.74, 6) is 0.163. The molecule has 1 N–H and O–H groups in total. The van der Waals surface area contributed by atoms with Crippen LogP contribution < -0.4 is 0 Å². The van der Waals surface area contributed by atoms with E-state index in [9.17, 15) is 4.79 Å². The van der Waals surface area contributed by atoms with Gasteiger partial charge < -0.3 is 4.98 Å². The molecular weight excluding hydrogens is 386 g/mol. The van der Waals surface area contributed by atoms with Crippen LogP contribution in [0.3, 0.4) is 0 Å². The minimum absolute atomic E-state index is 0.00644. The number of aromatic nitrogens is 1. The van der Waals surface area contributed by atoms with Crippen LogP contribution in [0.5, 0.6) is 0 Å². The third-order valence-corrected chi connectivity index (χ3v) is 5.23. The molecule has 1 aromatic heterocycles. The zero-order chi connectivity index (χ0) is 17.9. The summed E-state index contributed by atoms with van der Waals surface area (Å²) in [5, 5.41) is 1.15. The lowest BCUT2D eigenvalue weighted by atomic mass is 9.85. The molecule has 4 aromatic rings. The van der Waals surface area contributed by atoms with Crippen molar-refractivity contribution in [3.63, 3.8) is 0 Å². The standard InChI is InChI=1S/C23H18BrNO/c24-18-11-12-22-20(13-18)21(15-25-22)19(16-7-3-1-4-8-16)14-23(26)17-9-5-2-6-10-17/h1-13,15,19,25H,14H2/t19-/m0/s1. The van der Waals surface area contributed by atoms with E-state index in [1.807, 2.05) is 60.8 Å². The average molecular weight is 404 g/mol. The minimum atomic E-state index is 0.00644. The van der Waals surface area contributed by atoms with Crippen molar-refractivity contribution in [1.82, 2.24) is 4.98 Å². The van der Waals surface area contributed by atoms with Gasteiger partial charge in [-0.05, 0) is 29.3 Å². The number of rotatable bonds is 5. The zero-order valence-corrected chi connectivity index (χ0v) is 15.7. The molecule has 0 spiro atoms. The Balaban J connectivity index is 1.78. The molecule has 0 radical (unpaired) electrons. The second-order valence-corrected chi connectivity index (χ2v) is 7.31. The van der Waals surface area contributed by atoms with Crippen LogP contribution in [-0.4, -0.2) is 10.8 Å². The van der Waals surface area contributed by atoms with E-state index in [-0.39, 0.29) is 11.7 Å². The van der Waals surface area contributed by atoms with E-state index < -0.39 is 0 Å². The Hall–Kier alpha value is -2.65. The first-order valence-electron chi connectivity index (χ1n) is 8.62. The second-order valence-electron chi connectivity index (χ2n) is 6.39. The van der Waals surface area contributed by atoms with Crippen molar-refractivity contribution in [2.75, 3.05) is 0 Å². The first-order chi connectivity index (χ1) is 12.7. The summed E-state index contributed by atoms with van der Waals surface area (Å²) in [6.45, 7) is 0. The molecule has 26 heavy (non-hydrogen) atoms. The summed E-state index contributed by atoms with van der Waals surface area (Å²) in [6, 6.07) is 26.0. The Bertz CT molecular complexity index is 1040. The Morgan fingerprint density at radius 2 is 1.62 bits per heavy atom. The van der Waals surface area contributed by atoms with Gasteiger partial charge in [0.25, 0.3) is 0 Å². The monoisotopic (exact) mass is 403 g/mol. The Morgan fingerprint density at radius 3 is 2.35 bits per heavy atom. The van der Waals surface area contributed by atoms with Gasteiger partial charge >= 0.3 is 0 Å². The number of fused-ring (bicyclic) bond motifs is 1. The van der Waals surface area contributed by atoms with E-state index in [0.717, 1.165) is 32.1 Å². The number of aromatic amines is 1. The van der Waals surface area contributed by atoms with E-state index >= 15 is 0 Å². The SMILES string of the molecule is O=C(C[C@@H](c1ccccc1)c1c[nH]c2ccc(Br)cc12)c1ccccc1. The van der Waals surface area contributed by atoms with Crippen LogP contribution >= 0.6 is 15.9 Å². The van der Waals surface area contributed by atoms with E-state index in [4.69, 9.17) is 0 Å². The van der Waals surface area contributed by atoms with Crippen LogP contribution in [-0.2, 0) is 0 Å². The number of hydrogen-bond donors (Lipinski definition) is 1.